The molecule has 0 spiro atoms. The average molecular weight is 497 g/mol. The normalized spacial score (nSPS) is 13.0. The topological polar surface area (TPSA) is 97.7 Å². The molecule has 1 amide bonds. The number of nitrogens with zero attached hydrogens (tertiary/aromatic N) is 4. The first-order chi connectivity index (χ1) is 16.4. The summed E-state index contributed by atoms with van der Waals surface area (Å²) in [5, 5.41) is 14.7. The summed E-state index contributed by atoms with van der Waals surface area (Å²) in [5.41, 5.74) is 1.61. The minimum atomic E-state index is -0.195. The number of aromatic amines is 1. The molecular formula is C24H28N6O2S2. The lowest BCUT2D eigenvalue weighted by Crippen LogP contribution is -2.17. The van der Waals surface area contributed by atoms with E-state index in [0.29, 0.717) is 16.5 Å². The molecule has 0 unspecified atom stereocenters. The zero-order valence-electron chi connectivity index (χ0n) is 19.8. The van der Waals surface area contributed by atoms with Crippen molar-refractivity contribution in [1.82, 2.24) is 25.0 Å². The van der Waals surface area contributed by atoms with Crippen LogP contribution in [0, 0.1) is 0 Å². The number of hydrogen-bond donors (Lipinski definition) is 2. The molecule has 34 heavy (non-hydrogen) atoms. The molecule has 2 aromatic heterocycles. The van der Waals surface area contributed by atoms with Crippen LogP contribution in [0.1, 0.15) is 27.2 Å². The van der Waals surface area contributed by atoms with Gasteiger partial charge in [0.25, 0.3) is 5.91 Å². The second-order valence-electron chi connectivity index (χ2n) is 7.32. The van der Waals surface area contributed by atoms with Crippen LogP contribution in [0.5, 0.6) is 5.75 Å². The highest BCUT2D eigenvalue weighted by atomic mass is 32.2. The lowest BCUT2D eigenvalue weighted by molar-refractivity contribution is -0.112. The van der Waals surface area contributed by atoms with E-state index in [2.05, 4.69) is 25.6 Å². The molecule has 0 aliphatic carbocycles. The summed E-state index contributed by atoms with van der Waals surface area (Å²) < 4.78 is 6.93. The number of hydrogen-bond acceptors (Lipinski definition) is 7. The Bertz CT molecular complexity index is 1190. The number of anilines is 1. The molecular weight excluding hydrogens is 468 g/mol. The third-order valence-corrected chi connectivity index (χ3v) is 6.71. The Kier molecular flexibility index (Phi) is 9.17. The second-order valence-corrected chi connectivity index (χ2v) is 9.67. The second kappa shape index (κ2) is 12.3. The molecule has 178 valence electrons. The molecule has 0 bridgehead atoms. The number of carbonyl (C=O) groups excluding carboxylic acids is 1. The van der Waals surface area contributed by atoms with Gasteiger partial charge in [0, 0.05) is 29.1 Å². The number of allylic oxidation sites excluding steroid dienone is 4. The first-order valence-corrected chi connectivity index (χ1v) is 12.3. The number of thioether (sulfide) groups is 2. The van der Waals surface area contributed by atoms with Crippen molar-refractivity contribution < 1.29 is 9.53 Å². The van der Waals surface area contributed by atoms with Gasteiger partial charge in [-0.05, 0) is 55.5 Å². The number of methoxy groups -OCH3 is 1. The average Bonchev–Trinajstić information content (AvgIpc) is 3.49. The van der Waals surface area contributed by atoms with Crippen molar-refractivity contribution in [2.45, 2.75) is 37.2 Å². The zero-order chi connectivity index (χ0) is 24.5. The van der Waals surface area contributed by atoms with E-state index in [4.69, 9.17) is 4.74 Å². The number of benzene rings is 1. The summed E-state index contributed by atoms with van der Waals surface area (Å²) in [5.74, 6) is 1.09. The van der Waals surface area contributed by atoms with Gasteiger partial charge in [0.15, 0.2) is 11.0 Å². The molecule has 0 atom stereocenters. The van der Waals surface area contributed by atoms with Gasteiger partial charge in [0.1, 0.15) is 12.1 Å². The van der Waals surface area contributed by atoms with Gasteiger partial charge in [-0.15, -0.1) is 0 Å². The molecule has 0 aliphatic rings. The van der Waals surface area contributed by atoms with Gasteiger partial charge in [0.2, 0.25) is 0 Å². The monoisotopic (exact) mass is 496 g/mol. The highest BCUT2D eigenvalue weighted by molar-refractivity contribution is 8.03. The van der Waals surface area contributed by atoms with Crippen molar-refractivity contribution in [2.75, 3.05) is 12.4 Å². The van der Waals surface area contributed by atoms with Gasteiger partial charge < -0.3 is 10.1 Å². The molecule has 2 N–H and O–H groups in total. The SMILES string of the molecule is CC/C(C)=C(C(=O)Nc1ccn(C)n1)/C(=C\C=C(/C)Sc1ncn[nH]1)Sc1ccc(OC)cc1. The molecule has 0 radical (unpaired) electrons. The minimum Gasteiger partial charge on any atom is -0.497 e. The highest BCUT2D eigenvalue weighted by Crippen LogP contribution is 2.36. The van der Waals surface area contributed by atoms with Crippen LogP contribution in [-0.4, -0.2) is 38.0 Å². The predicted octanol–water partition coefficient (Wildman–Crippen LogP) is 5.58. The molecule has 8 nitrogen and oxygen atoms in total. The molecule has 10 heteroatoms. The maximum atomic E-state index is 13.4. The fourth-order valence-electron chi connectivity index (χ4n) is 2.92. The first-order valence-electron chi connectivity index (χ1n) is 10.6. The van der Waals surface area contributed by atoms with Crippen molar-refractivity contribution in [3.63, 3.8) is 0 Å². The van der Waals surface area contributed by atoms with Gasteiger partial charge in [-0.2, -0.15) is 10.2 Å². The molecule has 0 fully saturated rings. The summed E-state index contributed by atoms with van der Waals surface area (Å²) >= 11 is 3.00. The predicted molar refractivity (Wildman–Crippen MR) is 138 cm³/mol. The number of nitrogens with one attached hydrogen (secondary N) is 2. The Balaban J connectivity index is 1.97. The summed E-state index contributed by atoms with van der Waals surface area (Å²) in [7, 11) is 3.45. The summed E-state index contributed by atoms with van der Waals surface area (Å²) in [4.78, 5) is 20.4. The Labute approximate surface area is 208 Å². The van der Waals surface area contributed by atoms with Crippen molar-refractivity contribution in [2.24, 2.45) is 7.05 Å². The Morgan fingerprint density at radius 2 is 1.94 bits per heavy atom. The Hall–Kier alpha value is -3.24. The first kappa shape index (κ1) is 25.4. The molecule has 3 aromatic rings. The minimum absolute atomic E-state index is 0.195. The van der Waals surface area contributed by atoms with E-state index in [0.717, 1.165) is 32.4 Å². The number of aryl methyl sites for hydroxylation is 1. The van der Waals surface area contributed by atoms with Gasteiger partial charge in [-0.25, -0.2) is 4.98 Å². The summed E-state index contributed by atoms with van der Waals surface area (Å²) in [6.07, 6.45) is 7.96. The maximum absolute atomic E-state index is 13.4. The van der Waals surface area contributed by atoms with Crippen LogP contribution in [0.3, 0.4) is 0 Å². The van der Waals surface area contributed by atoms with Crippen molar-refractivity contribution in [3.05, 3.63) is 76.0 Å². The number of rotatable bonds is 10. The van der Waals surface area contributed by atoms with Crippen LogP contribution >= 0.6 is 23.5 Å². The number of amides is 1. The lowest BCUT2D eigenvalue weighted by Gasteiger charge is -2.15. The Morgan fingerprint density at radius 3 is 2.53 bits per heavy atom. The van der Waals surface area contributed by atoms with Gasteiger partial charge in [-0.3, -0.25) is 14.6 Å². The smallest absolute Gasteiger partial charge is 0.257 e. The number of H-pyrrole nitrogens is 1. The third-order valence-electron chi connectivity index (χ3n) is 4.79. The molecule has 0 saturated heterocycles. The van der Waals surface area contributed by atoms with E-state index in [1.54, 1.807) is 24.1 Å². The zero-order valence-corrected chi connectivity index (χ0v) is 21.5. The van der Waals surface area contributed by atoms with Crippen LogP contribution in [-0.2, 0) is 11.8 Å². The van der Waals surface area contributed by atoms with Crippen LogP contribution < -0.4 is 10.1 Å². The number of carbonyl (C=O) groups is 1. The fourth-order valence-corrected chi connectivity index (χ4v) is 4.59. The van der Waals surface area contributed by atoms with Crippen molar-refractivity contribution >= 4 is 35.2 Å². The molecule has 0 saturated carbocycles. The molecule has 1 aromatic carbocycles. The van der Waals surface area contributed by atoms with Crippen molar-refractivity contribution in [3.8, 4) is 5.75 Å². The number of ether oxygens (including phenoxy) is 1. The van der Waals surface area contributed by atoms with Gasteiger partial charge in [0.05, 0.1) is 12.7 Å². The standard InChI is InChI=1S/C24H28N6O2S2/c1-6-16(2)22(23(31)27-21-13-14-30(4)29-21)20(34-19-10-8-18(32-5)9-11-19)12-7-17(3)33-24-25-15-26-28-24/h7-15H,6H2,1-5H3,(H,25,26,28)(H,27,29,31)/b17-7+,20-12+,22-16-. The molecule has 0 aliphatic heterocycles. The van der Waals surface area contributed by atoms with E-state index >= 15 is 0 Å². The lowest BCUT2D eigenvalue weighted by atomic mass is 10.1. The quantitative estimate of drug-likeness (QED) is 0.215. The molecule has 2 heterocycles. The molecule has 3 rings (SSSR count). The maximum Gasteiger partial charge on any atom is 0.257 e. The van der Waals surface area contributed by atoms with E-state index in [1.807, 2.05) is 64.2 Å². The third kappa shape index (κ3) is 7.13. The van der Waals surface area contributed by atoms with Crippen LogP contribution in [0.15, 0.2) is 86.0 Å². The van der Waals surface area contributed by atoms with Crippen LogP contribution in [0.2, 0.25) is 0 Å². The van der Waals surface area contributed by atoms with E-state index < -0.39 is 0 Å². The van der Waals surface area contributed by atoms with E-state index in [-0.39, 0.29) is 5.91 Å². The van der Waals surface area contributed by atoms with E-state index in [1.165, 1.54) is 29.9 Å². The van der Waals surface area contributed by atoms with Crippen molar-refractivity contribution in [1.29, 1.82) is 0 Å². The van der Waals surface area contributed by atoms with Gasteiger partial charge in [-0.1, -0.05) is 42.1 Å². The van der Waals surface area contributed by atoms with E-state index in [9.17, 15) is 4.79 Å². The van der Waals surface area contributed by atoms with Crippen LogP contribution in [0.25, 0.3) is 0 Å². The van der Waals surface area contributed by atoms with Crippen LogP contribution in [0.4, 0.5) is 5.82 Å². The largest absolute Gasteiger partial charge is 0.497 e. The summed E-state index contributed by atoms with van der Waals surface area (Å²) in [6, 6.07) is 9.55. The number of aromatic nitrogens is 5. The highest BCUT2D eigenvalue weighted by Gasteiger charge is 2.19. The Morgan fingerprint density at radius 1 is 1.18 bits per heavy atom. The van der Waals surface area contributed by atoms with Gasteiger partial charge >= 0.3 is 0 Å². The fraction of sp³-hybridized carbons (Fsp3) is 0.250. The summed E-state index contributed by atoms with van der Waals surface area (Å²) in [6.45, 7) is 6.01.